The normalized spacial score (nSPS) is 15.6. The lowest BCUT2D eigenvalue weighted by molar-refractivity contribution is 0.180. The minimum atomic E-state index is 0.532. The number of nitrogens with one attached hydrogen (secondary N) is 1. The molecule has 1 aromatic heterocycles. The van der Waals surface area contributed by atoms with Crippen LogP contribution in [0.2, 0.25) is 0 Å². The van der Waals surface area contributed by atoms with Gasteiger partial charge in [-0.2, -0.15) is 0 Å². The second-order valence-electron chi connectivity index (χ2n) is 3.86. The van der Waals surface area contributed by atoms with Gasteiger partial charge in [0.15, 0.2) is 0 Å². The summed E-state index contributed by atoms with van der Waals surface area (Å²) in [4.78, 5) is 7.63. The lowest BCUT2D eigenvalue weighted by atomic mass is 10.3. The largest absolute Gasteiger partial charge is 0.378 e. The predicted molar refractivity (Wildman–Crippen MR) is 64.3 cm³/mol. The molecule has 2 rings (SSSR count). The fraction of sp³-hybridized carbons (Fsp3) is 0.600. The van der Waals surface area contributed by atoms with E-state index in [9.17, 15) is 0 Å². The fourth-order valence-corrected chi connectivity index (χ4v) is 2.03. The maximum absolute atomic E-state index is 5.18. The number of nitrogens with zero attached hydrogens (tertiary/aromatic N) is 1. The molecule has 0 radical (unpaired) electrons. The van der Waals surface area contributed by atoms with Crippen LogP contribution in [-0.4, -0.2) is 17.1 Å². The molecule has 1 aromatic rings. The highest BCUT2D eigenvalue weighted by Gasteiger charge is 2.22. The molecule has 0 unspecified atom stereocenters. The zero-order valence-electron chi connectivity index (χ0n) is 8.55. The van der Waals surface area contributed by atoms with Gasteiger partial charge in [0.05, 0.1) is 16.8 Å². The van der Waals surface area contributed by atoms with Crippen LogP contribution < -0.4 is 0 Å². The first kappa shape index (κ1) is 11.2. The molecule has 1 aliphatic rings. The summed E-state index contributed by atoms with van der Waals surface area (Å²) in [6.45, 7) is 0.532. The van der Waals surface area contributed by atoms with Gasteiger partial charge in [-0.3, -0.25) is 0 Å². The van der Waals surface area contributed by atoms with Gasteiger partial charge in [-0.05, 0) is 34.7 Å². The van der Waals surface area contributed by atoms with E-state index in [4.69, 9.17) is 17.0 Å². The van der Waals surface area contributed by atoms with Crippen molar-refractivity contribution in [3.8, 4) is 0 Å². The standard InChI is InChI=1S/C10H13BrN2OS/c1-14-5-7-9(11)10(15)13-8(12-7)4-6-2-3-6/h6H,2-5H2,1H3,(H,12,13,15). The Balaban J connectivity index is 2.27. The van der Waals surface area contributed by atoms with E-state index >= 15 is 0 Å². The second kappa shape index (κ2) is 4.72. The average Bonchev–Trinajstić information content (AvgIpc) is 2.98. The minimum Gasteiger partial charge on any atom is -0.378 e. The smallest absolute Gasteiger partial charge is 0.144 e. The Kier molecular flexibility index (Phi) is 3.53. The Morgan fingerprint density at radius 1 is 1.60 bits per heavy atom. The van der Waals surface area contributed by atoms with Crippen molar-refractivity contribution in [1.29, 1.82) is 0 Å². The van der Waals surface area contributed by atoms with Crippen molar-refractivity contribution >= 4 is 28.1 Å². The highest BCUT2D eigenvalue weighted by Crippen LogP contribution is 2.32. The van der Waals surface area contributed by atoms with E-state index in [2.05, 4.69) is 25.9 Å². The van der Waals surface area contributed by atoms with Gasteiger partial charge in [0, 0.05) is 13.5 Å². The van der Waals surface area contributed by atoms with Crippen LogP contribution in [0.5, 0.6) is 0 Å². The highest BCUT2D eigenvalue weighted by molar-refractivity contribution is 9.10. The molecular formula is C10H13BrN2OS. The number of aromatic nitrogens is 2. The Morgan fingerprint density at radius 2 is 2.33 bits per heavy atom. The van der Waals surface area contributed by atoms with Gasteiger partial charge in [-0.1, -0.05) is 12.2 Å². The Morgan fingerprint density at radius 3 is 2.93 bits per heavy atom. The number of rotatable bonds is 4. The van der Waals surface area contributed by atoms with Crippen LogP contribution in [0.15, 0.2) is 4.47 Å². The van der Waals surface area contributed by atoms with Crippen LogP contribution in [0.25, 0.3) is 0 Å². The number of hydrogen-bond acceptors (Lipinski definition) is 3. The maximum atomic E-state index is 5.18. The van der Waals surface area contributed by atoms with Crippen molar-refractivity contribution in [2.45, 2.75) is 25.9 Å². The van der Waals surface area contributed by atoms with Crippen LogP contribution in [0.4, 0.5) is 0 Å². The van der Waals surface area contributed by atoms with Crippen molar-refractivity contribution < 1.29 is 4.74 Å². The van der Waals surface area contributed by atoms with E-state index in [1.807, 2.05) is 0 Å². The van der Waals surface area contributed by atoms with E-state index in [0.29, 0.717) is 11.2 Å². The van der Waals surface area contributed by atoms with Gasteiger partial charge in [0.2, 0.25) is 0 Å². The summed E-state index contributed by atoms with van der Waals surface area (Å²) < 4.78 is 6.57. The number of hydrogen-bond donors (Lipinski definition) is 1. The molecule has 0 bridgehead atoms. The molecule has 0 aromatic carbocycles. The van der Waals surface area contributed by atoms with Crippen molar-refractivity contribution in [2.24, 2.45) is 5.92 Å². The predicted octanol–water partition coefficient (Wildman–Crippen LogP) is 3.00. The Hall–Kier alpha value is -0.260. The lowest BCUT2D eigenvalue weighted by Crippen LogP contribution is -2.03. The molecule has 3 nitrogen and oxygen atoms in total. The first-order valence-electron chi connectivity index (χ1n) is 4.97. The molecule has 1 N–H and O–H groups in total. The highest BCUT2D eigenvalue weighted by atomic mass is 79.9. The molecule has 5 heteroatoms. The van der Waals surface area contributed by atoms with Gasteiger partial charge in [-0.25, -0.2) is 4.98 Å². The summed E-state index contributed by atoms with van der Waals surface area (Å²) in [6.07, 6.45) is 3.64. The van der Waals surface area contributed by atoms with Crippen LogP contribution >= 0.6 is 28.1 Å². The summed E-state index contributed by atoms with van der Waals surface area (Å²) in [5, 5.41) is 0. The molecule has 1 fully saturated rings. The molecule has 1 aliphatic carbocycles. The van der Waals surface area contributed by atoms with E-state index < -0.39 is 0 Å². The van der Waals surface area contributed by atoms with E-state index in [-0.39, 0.29) is 0 Å². The number of halogens is 1. The number of methoxy groups -OCH3 is 1. The summed E-state index contributed by atoms with van der Waals surface area (Å²) >= 11 is 8.60. The summed E-state index contributed by atoms with van der Waals surface area (Å²) in [7, 11) is 1.67. The average molecular weight is 289 g/mol. The molecule has 1 heterocycles. The number of H-pyrrole nitrogens is 1. The molecular weight excluding hydrogens is 276 g/mol. The number of ether oxygens (including phenoxy) is 1. The summed E-state index contributed by atoms with van der Waals surface area (Å²) in [6, 6.07) is 0. The van der Waals surface area contributed by atoms with Crippen molar-refractivity contribution in [1.82, 2.24) is 9.97 Å². The van der Waals surface area contributed by atoms with Gasteiger partial charge in [-0.15, -0.1) is 0 Å². The van der Waals surface area contributed by atoms with Crippen molar-refractivity contribution in [3.63, 3.8) is 0 Å². The molecule has 0 saturated heterocycles. The van der Waals surface area contributed by atoms with E-state index in [0.717, 1.165) is 28.3 Å². The molecule has 15 heavy (non-hydrogen) atoms. The molecule has 0 aliphatic heterocycles. The Labute approximate surface area is 102 Å². The minimum absolute atomic E-state index is 0.532. The first-order valence-corrected chi connectivity index (χ1v) is 6.17. The third kappa shape index (κ3) is 2.86. The van der Waals surface area contributed by atoms with Crippen molar-refractivity contribution in [3.05, 3.63) is 20.6 Å². The van der Waals surface area contributed by atoms with Crippen LogP contribution in [0.1, 0.15) is 24.4 Å². The van der Waals surface area contributed by atoms with E-state index in [1.165, 1.54) is 12.8 Å². The SMILES string of the molecule is COCc1[nH]c(CC2CC2)nc(=S)c1Br. The molecule has 0 amide bonds. The monoisotopic (exact) mass is 288 g/mol. The quantitative estimate of drug-likeness (QED) is 0.866. The number of aromatic amines is 1. The molecule has 0 spiro atoms. The van der Waals surface area contributed by atoms with Crippen molar-refractivity contribution in [2.75, 3.05) is 7.11 Å². The molecule has 82 valence electrons. The third-order valence-electron chi connectivity index (χ3n) is 2.45. The zero-order valence-corrected chi connectivity index (χ0v) is 10.9. The molecule has 1 saturated carbocycles. The van der Waals surface area contributed by atoms with Crippen LogP contribution in [0, 0.1) is 10.6 Å². The second-order valence-corrected chi connectivity index (χ2v) is 5.04. The van der Waals surface area contributed by atoms with Crippen LogP contribution in [0.3, 0.4) is 0 Å². The topological polar surface area (TPSA) is 37.9 Å². The third-order valence-corrected chi connectivity index (χ3v) is 3.86. The summed E-state index contributed by atoms with van der Waals surface area (Å²) in [5.41, 5.74) is 0.980. The van der Waals surface area contributed by atoms with Gasteiger partial charge >= 0.3 is 0 Å². The fourth-order valence-electron chi connectivity index (χ4n) is 1.49. The maximum Gasteiger partial charge on any atom is 0.144 e. The summed E-state index contributed by atoms with van der Waals surface area (Å²) in [5.74, 6) is 1.79. The van der Waals surface area contributed by atoms with Crippen LogP contribution in [-0.2, 0) is 17.8 Å². The van der Waals surface area contributed by atoms with Gasteiger partial charge in [0.1, 0.15) is 10.5 Å². The Bertz CT molecular complexity index is 414. The van der Waals surface area contributed by atoms with Gasteiger partial charge < -0.3 is 9.72 Å². The molecule has 0 atom stereocenters. The first-order chi connectivity index (χ1) is 7.20. The van der Waals surface area contributed by atoms with Gasteiger partial charge in [0.25, 0.3) is 0 Å². The van der Waals surface area contributed by atoms with E-state index in [1.54, 1.807) is 7.11 Å². The zero-order chi connectivity index (χ0) is 10.8. The lowest BCUT2D eigenvalue weighted by Gasteiger charge is -2.07.